The summed E-state index contributed by atoms with van der Waals surface area (Å²) in [7, 11) is 1.64. The molecule has 18 heavy (non-hydrogen) atoms. The fourth-order valence-corrected chi connectivity index (χ4v) is 1.80. The van der Waals surface area contributed by atoms with E-state index in [-0.39, 0.29) is 0 Å². The van der Waals surface area contributed by atoms with Crippen LogP contribution in [0, 0.1) is 0 Å². The van der Waals surface area contributed by atoms with Gasteiger partial charge in [-0.05, 0) is 25.5 Å². The minimum Gasteiger partial charge on any atom is -0.480 e. The van der Waals surface area contributed by atoms with Gasteiger partial charge in [0.25, 0.3) is 0 Å². The smallest absolute Gasteiger partial charge is 0.323 e. The molecule has 100 valence electrons. The Kier molecular flexibility index (Phi) is 5.82. The third kappa shape index (κ3) is 4.47. The Bertz CT molecular complexity index is 367. The van der Waals surface area contributed by atoms with Gasteiger partial charge < -0.3 is 15.2 Å². The SMILES string of the molecule is COCCCNC(C)(Cc1ccccc1)C(=O)O. The predicted octanol–water partition coefficient (Wildman–Crippen LogP) is 1.70. The molecule has 0 spiro atoms. The molecule has 0 bridgehead atoms. The number of nitrogens with one attached hydrogen (secondary N) is 1. The first-order valence-electron chi connectivity index (χ1n) is 6.10. The molecule has 0 aliphatic heterocycles. The van der Waals surface area contributed by atoms with Crippen LogP contribution in [0.2, 0.25) is 0 Å². The maximum atomic E-state index is 11.4. The molecule has 1 aromatic rings. The number of aliphatic carboxylic acids is 1. The lowest BCUT2D eigenvalue weighted by Gasteiger charge is -2.26. The van der Waals surface area contributed by atoms with E-state index in [0.29, 0.717) is 19.6 Å². The zero-order chi connectivity index (χ0) is 13.4. The molecule has 0 aliphatic rings. The van der Waals surface area contributed by atoms with Gasteiger partial charge in [-0.3, -0.25) is 4.79 Å². The fourth-order valence-electron chi connectivity index (χ4n) is 1.80. The molecule has 0 amide bonds. The summed E-state index contributed by atoms with van der Waals surface area (Å²) in [5.74, 6) is -0.830. The third-order valence-electron chi connectivity index (χ3n) is 2.91. The van der Waals surface area contributed by atoms with E-state index < -0.39 is 11.5 Å². The van der Waals surface area contributed by atoms with Gasteiger partial charge in [0, 0.05) is 20.1 Å². The lowest BCUT2D eigenvalue weighted by molar-refractivity contribution is -0.144. The van der Waals surface area contributed by atoms with E-state index >= 15 is 0 Å². The molecule has 4 heteroatoms. The molecule has 1 rings (SSSR count). The molecule has 0 aromatic heterocycles. The van der Waals surface area contributed by atoms with Gasteiger partial charge in [0.05, 0.1) is 0 Å². The Labute approximate surface area is 108 Å². The Hall–Kier alpha value is -1.39. The van der Waals surface area contributed by atoms with Gasteiger partial charge in [-0.1, -0.05) is 30.3 Å². The van der Waals surface area contributed by atoms with Crippen LogP contribution in [0.4, 0.5) is 0 Å². The van der Waals surface area contributed by atoms with Crippen LogP contribution in [-0.2, 0) is 16.0 Å². The van der Waals surface area contributed by atoms with Crippen molar-refractivity contribution in [2.75, 3.05) is 20.3 Å². The molecule has 0 saturated carbocycles. The number of ether oxygens (including phenoxy) is 1. The first-order valence-corrected chi connectivity index (χ1v) is 6.10. The van der Waals surface area contributed by atoms with Gasteiger partial charge >= 0.3 is 5.97 Å². The molecule has 1 aromatic carbocycles. The highest BCUT2D eigenvalue weighted by atomic mass is 16.5. The maximum absolute atomic E-state index is 11.4. The van der Waals surface area contributed by atoms with Crippen molar-refractivity contribution in [1.82, 2.24) is 5.32 Å². The summed E-state index contributed by atoms with van der Waals surface area (Å²) in [4.78, 5) is 11.4. The van der Waals surface area contributed by atoms with Crippen molar-refractivity contribution in [3.05, 3.63) is 35.9 Å². The highest BCUT2D eigenvalue weighted by Gasteiger charge is 2.32. The summed E-state index contributed by atoms with van der Waals surface area (Å²) in [5.41, 5.74) is 0.0800. The Morgan fingerprint density at radius 1 is 1.39 bits per heavy atom. The molecule has 0 aliphatic carbocycles. The molecular weight excluding hydrogens is 230 g/mol. The summed E-state index contributed by atoms with van der Waals surface area (Å²) in [5, 5.41) is 12.5. The van der Waals surface area contributed by atoms with Crippen molar-refractivity contribution in [2.45, 2.75) is 25.3 Å². The Balaban J connectivity index is 2.60. The van der Waals surface area contributed by atoms with Crippen LogP contribution in [-0.4, -0.2) is 36.9 Å². The van der Waals surface area contributed by atoms with Crippen LogP contribution < -0.4 is 5.32 Å². The minimum absolute atomic E-state index is 0.468. The van der Waals surface area contributed by atoms with E-state index in [1.54, 1.807) is 14.0 Å². The van der Waals surface area contributed by atoms with Gasteiger partial charge in [-0.2, -0.15) is 0 Å². The van der Waals surface area contributed by atoms with Crippen LogP contribution in [0.25, 0.3) is 0 Å². The molecule has 0 fully saturated rings. The second-order valence-electron chi connectivity index (χ2n) is 4.57. The number of carboxylic acid groups (broad SMARTS) is 1. The number of benzene rings is 1. The number of hydrogen-bond acceptors (Lipinski definition) is 3. The molecule has 1 unspecified atom stereocenters. The minimum atomic E-state index is -0.935. The summed E-state index contributed by atoms with van der Waals surface area (Å²) in [6, 6.07) is 9.65. The third-order valence-corrected chi connectivity index (χ3v) is 2.91. The quantitative estimate of drug-likeness (QED) is 0.690. The van der Waals surface area contributed by atoms with Crippen molar-refractivity contribution in [3.63, 3.8) is 0 Å². The topological polar surface area (TPSA) is 58.6 Å². The predicted molar refractivity (Wildman–Crippen MR) is 70.7 cm³/mol. The van der Waals surface area contributed by atoms with Gasteiger partial charge in [-0.25, -0.2) is 0 Å². The summed E-state index contributed by atoms with van der Waals surface area (Å²) < 4.78 is 4.95. The van der Waals surface area contributed by atoms with Crippen LogP contribution in [0.1, 0.15) is 18.9 Å². The summed E-state index contributed by atoms with van der Waals surface area (Å²) in [6.45, 7) is 2.98. The monoisotopic (exact) mass is 251 g/mol. The van der Waals surface area contributed by atoms with Gasteiger partial charge in [0.2, 0.25) is 0 Å². The summed E-state index contributed by atoms with van der Waals surface area (Å²) in [6.07, 6.45) is 1.27. The van der Waals surface area contributed by atoms with Gasteiger partial charge in [-0.15, -0.1) is 0 Å². The number of rotatable bonds is 8. The largest absolute Gasteiger partial charge is 0.480 e. The maximum Gasteiger partial charge on any atom is 0.323 e. The van der Waals surface area contributed by atoms with Gasteiger partial charge in [0.1, 0.15) is 5.54 Å². The molecule has 2 N–H and O–H groups in total. The number of carboxylic acids is 1. The van der Waals surface area contributed by atoms with E-state index in [4.69, 9.17) is 4.74 Å². The van der Waals surface area contributed by atoms with E-state index in [9.17, 15) is 9.90 Å². The molecule has 1 atom stereocenters. The average molecular weight is 251 g/mol. The van der Waals surface area contributed by atoms with Crippen LogP contribution >= 0.6 is 0 Å². The first-order chi connectivity index (χ1) is 8.58. The fraction of sp³-hybridized carbons (Fsp3) is 0.500. The highest BCUT2D eigenvalue weighted by Crippen LogP contribution is 2.13. The standard InChI is InChI=1S/C14H21NO3/c1-14(13(16)17,15-9-6-10-18-2)11-12-7-4-3-5-8-12/h3-5,7-8,15H,6,9-11H2,1-2H3,(H,16,17). The molecular formula is C14H21NO3. The first kappa shape index (κ1) is 14.7. The zero-order valence-corrected chi connectivity index (χ0v) is 11.0. The Morgan fingerprint density at radius 2 is 2.06 bits per heavy atom. The van der Waals surface area contributed by atoms with E-state index in [1.165, 1.54) is 0 Å². The van der Waals surface area contributed by atoms with Crippen molar-refractivity contribution in [1.29, 1.82) is 0 Å². The highest BCUT2D eigenvalue weighted by molar-refractivity contribution is 5.78. The van der Waals surface area contributed by atoms with E-state index in [0.717, 1.165) is 12.0 Å². The van der Waals surface area contributed by atoms with Crippen LogP contribution in [0.15, 0.2) is 30.3 Å². The van der Waals surface area contributed by atoms with Crippen molar-refractivity contribution < 1.29 is 14.6 Å². The van der Waals surface area contributed by atoms with E-state index in [1.807, 2.05) is 30.3 Å². The number of carbonyl (C=O) groups is 1. The number of methoxy groups -OCH3 is 1. The number of hydrogen-bond donors (Lipinski definition) is 2. The van der Waals surface area contributed by atoms with Crippen LogP contribution in [0.5, 0.6) is 0 Å². The van der Waals surface area contributed by atoms with Crippen molar-refractivity contribution in [2.24, 2.45) is 0 Å². The lowest BCUT2D eigenvalue weighted by atomic mass is 9.93. The van der Waals surface area contributed by atoms with Crippen LogP contribution in [0.3, 0.4) is 0 Å². The molecule has 0 heterocycles. The summed E-state index contributed by atoms with van der Waals surface area (Å²) >= 11 is 0. The van der Waals surface area contributed by atoms with E-state index in [2.05, 4.69) is 5.32 Å². The Morgan fingerprint density at radius 3 is 2.61 bits per heavy atom. The second kappa shape index (κ2) is 7.13. The molecule has 4 nitrogen and oxygen atoms in total. The van der Waals surface area contributed by atoms with Crippen molar-refractivity contribution >= 4 is 5.97 Å². The zero-order valence-electron chi connectivity index (χ0n) is 11.0. The van der Waals surface area contributed by atoms with Gasteiger partial charge in [0.15, 0.2) is 0 Å². The molecule has 0 saturated heterocycles. The normalized spacial score (nSPS) is 14.1. The lowest BCUT2D eigenvalue weighted by Crippen LogP contribution is -2.51. The molecule has 0 radical (unpaired) electrons. The average Bonchev–Trinajstić information content (AvgIpc) is 2.36. The van der Waals surface area contributed by atoms with Crippen molar-refractivity contribution in [3.8, 4) is 0 Å². The second-order valence-corrected chi connectivity index (χ2v) is 4.57.